The van der Waals surface area contributed by atoms with Crippen molar-refractivity contribution in [3.8, 4) is 0 Å². The van der Waals surface area contributed by atoms with Gasteiger partial charge in [0.2, 0.25) is 5.91 Å². The third-order valence-electron chi connectivity index (χ3n) is 3.37. The summed E-state index contributed by atoms with van der Waals surface area (Å²) in [5.74, 6) is -0.401. The van der Waals surface area contributed by atoms with Gasteiger partial charge in [0.1, 0.15) is 6.04 Å². The third-order valence-corrected chi connectivity index (χ3v) is 3.37. The smallest absolute Gasteiger partial charge is 0.287 e. The topological polar surface area (TPSA) is 32.3 Å². The summed E-state index contributed by atoms with van der Waals surface area (Å²) in [5, 5.41) is 0.981. The lowest BCUT2D eigenvalue weighted by molar-refractivity contribution is -0.186. The standard InChI is InChI=1S/C15H17F3N2O/c1-14(2)10-13(21)19-20(14)12(15(16,17)18)9-8-11-6-4-3-5-7-11/h3-9,12H,10H2,1-2H3,(H,19,21)/b9-8+/t12-/m0/s1. The zero-order chi connectivity index (χ0) is 15.7. The first-order chi connectivity index (χ1) is 9.70. The van der Waals surface area contributed by atoms with Gasteiger partial charge in [-0.2, -0.15) is 18.2 Å². The lowest BCUT2D eigenvalue weighted by atomic mass is 9.99. The van der Waals surface area contributed by atoms with Gasteiger partial charge in [0, 0.05) is 12.0 Å². The van der Waals surface area contributed by atoms with Gasteiger partial charge in [-0.05, 0) is 19.4 Å². The van der Waals surface area contributed by atoms with Gasteiger partial charge in [-0.15, -0.1) is 0 Å². The molecular formula is C15H17F3N2O. The van der Waals surface area contributed by atoms with E-state index in [4.69, 9.17) is 0 Å². The summed E-state index contributed by atoms with van der Waals surface area (Å²) >= 11 is 0. The average Bonchev–Trinajstić information content (AvgIpc) is 2.62. The van der Waals surface area contributed by atoms with Crippen LogP contribution >= 0.6 is 0 Å². The number of alkyl halides is 3. The summed E-state index contributed by atoms with van der Waals surface area (Å²) in [6.45, 7) is 3.22. The average molecular weight is 298 g/mol. The van der Waals surface area contributed by atoms with E-state index in [-0.39, 0.29) is 6.42 Å². The van der Waals surface area contributed by atoms with Gasteiger partial charge < -0.3 is 0 Å². The molecule has 1 amide bonds. The van der Waals surface area contributed by atoms with Gasteiger partial charge in [0.05, 0.1) is 0 Å². The number of nitrogens with zero attached hydrogens (tertiary/aromatic N) is 1. The van der Waals surface area contributed by atoms with E-state index in [0.717, 1.165) is 11.1 Å². The van der Waals surface area contributed by atoms with Crippen LogP contribution in [0.5, 0.6) is 0 Å². The third kappa shape index (κ3) is 3.64. The highest BCUT2D eigenvalue weighted by atomic mass is 19.4. The second-order valence-electron chi connectivity index (χ2n) is 5.65. The van der Waals surface area contributed by atoms with Crippen LogP contribution in [0.1, 0.15) is 25.8 Å². The largest absolute Gasteiger partial charge is 0.409 e. The van der Waals surface area contributed by atoms with Gasteiger partial charge in [-0.25, -0.2) is 0 Å². The second-order valence-corrected chi connectivity index (χ2v) is 5.65. The van der Waals surface area contributed by atoms with Gasteiger partial charge in [-0.1, -0.05) is 42.5 Å². The molecule has 1 aliphatic heterocycles. The first-order valence-corrected chi connectivity index (χ1v) is 6.59. The van der Waals surface area contributed by atoms with Crippen molar-refractivity contribution in [1.82, 2.24) is 10.4 Å². The lowest BCUT2D eigenvalue weighted by Crippen LogP contribution is -2.55. The molecule has 0 unspecified atom stereocenters. The number of nitrogens with one attached hydrogen (secondary N) is 1. The van der Waals surface area contributed by atoms with Crippen LogP contribution in [0, 0.1) is 0 Å². The first kappa shape index (κ1) is 15.6. The fraction of sp³-hybridized carbons (Fsp3) is 0.400. The van der Waals surface area contributed by atoms with Crippen molar-refractivity contribution in [3.05, 3.63) is 42.0 Å². The minimum atomic E-state index is -4.47. The number of carbonyl (C=O) groups excluding carboxylic acids is 1. The fourth-order valence-corrected chi connectivity index (χ4v) is 2.36. The van der Waals surface area contributed by atoms with Crippen LogP contribution in [-0.2, 0) is 4.79 Å². The normalized spacial score (nSPS) is 20.7. The molecule has 1 aromatic carbocycles. The Morgan fingerprint density at radius 3 is 2.38 bits per heavy atom. The van der Waals surface area contributed by atoms with Crippen LogP contribution in [0.2, 0.25) is 0 Å². The summed E-state index contributed by atoms with van der Waals surface area (Å²) in [7, 11) is 0. The van der Waals surface area contributed by atoms with Crippen molar-refractivity contribution in [2.75, 3.05) is 0 Å². The number of carbonyl (C=O) groups is 1. The highest BCUT2D eigenvalue weighted by Crippen LogP contribution is 2.34. The summed E-state index contributed by atoms with van der Waals surface area (Å²) < 4.78 is 39.9. The molecule has 1 atom stereocenters. The minimum absolute atomic E-state index is 0.0404. The van der Waals surface area contributed by atoms with Gasteiger partial charge >= 0.3 is 6.18 Å². The van der Waals surface area contributed by atoms with Crippen LogP contribution in [0.3, 0.4) is 0 Å². The molecule has 0 aromatic heterocycles. The molecule has 6 heteroatoms. The fourth-order valence-electron chi connectivity index (χ4n) is 2.36. The van der Waals surface area contributed by atoms with Crippen molar-refractivity contribution in [1.29, 1.82) is 0 Å². The zero-order valence-electron chi connectivity index (χ0n) is 11.8. The Morgan fingerprint density at radius 2 is 1.90 bits per heavy atom. The Kier molecular flexibility index (Phi) is 4.09. The maximum absolute atomic E-state index is 13.3. The molecule has 0 radical (unpaired) electrons. The molecule has 1 heterocycles. The Labute approximate surface area is 121 Å². The molecule has 1 N–H and O–H groups in total. The maximum atomic E-state index is 13.3. The Bertz CT molecular complexity index is 538. The molecule has 1 saturated heterocycles. The van der Waals surface area contributed by atoms with Crippen LogP contribution in [0.25, 0.3) is 6.08 Å². The molecule has 0 bridgehead atoms. The van der Waals surface area contributed by atoms with Gasteiger partial charge in [0.25, 0.3) is 0 Å². The van der Waals surface area contributed by atoms with Gasteiger partial charge in [0.15, 0.2) is 0 Å². The Morgan fingerprint density at radius 1 is 1.29 bits per heavy atom. The Balaban J connectivity index is 2.28. The molecule has 1 aromatic rings. The summed E-state index contributed by atoms with van der Waals surface area (Å²) in [6.07, 6.45) is -1.94. The highest BCUT2D eigenvalue weighted by molar-refractivity contribution is 5.79. The molecule has 0 spiro atoms. The van der Waals surface area contributed by atoms with Crippen LogP contribution in [0.4, 0.5) is 13.2 Å². The summed E-state index contributed by atoms with van der Waals surface area (Å²) in [4.78, 5) is 11.4. The maximum Gasteiger partial charge on any atom is 0.409 e. The molecule has 3 nitrogen and oxygen atoms in total. The summed E-state index contributed by atoms with van der Waals surface area (Å²) in [5.41, 5.74) is 2.10. The van der Waals surface area contributed by atoms with Gasteiger partial charge in [-0.3, -0.25) is 10.2 Å². The van der Waals surface area contributed by atoms with Crippen molar-refractivity contribution in [2.45, 2.75) is 38.0 Å². The van der Waals surface area contributed by atoms with Crippen molar-refractivity contribution in [3.63, 3.8) is 0 Å². The predicted molar refractivity (Wildman–Crippen MR) is 74.0 cm³/mol. The Hall–Kier alpha value is -1.82. The number of rotatable bonds is 3. The van der Waals surface area contributed by atoms with E-state index in [1.54, 1.807) is 44.2 Å². The quantitative estimate of drug-likeness (QED) is 0.929. The highest BCUT2D eigenvalue weighted by Gasteiger charge is 2.50. The van der Waals surface area contributed by atoms with E-state index in [2.05, 4.69) is 5.43 Å². The van der Waals surface area contributed by atoms with E-state index in [1.165, 1.54) is 6.08 Å². The van der Waals surface area contributed by atoms with Crippen molar-refractivity contribution < 1.29 is 18.0 Å². The molecule has 21 heavy (non-hydrogen) atoms. The van der Waals surface area contributed by atoms with E-state index in [1.807, 2.05) is 0 Å². The van der Waals surface area contributed by atoms with E-state index in [0.29, 0.717) is 5.56 Å². The molecule has 0 saturated carbocycles. The number of hydrogen-bond acceptors (Lipinski definition) is 2. The molecule has 1 aliphatic rings. The lowest BCUT2D eigenvalue weighted by Gasteiger charge is -2.36. The predicted octanol–water partition coefficient (Wildman–Crippen LogP) is 3.15. The molecule has 1 fully saturated rings. The molecule has 114 valence electrons. The van der Waals surface area contributed by atoms with E-state index < -0.39 is 23.7 Å². The van der Waals surface area contributed by atoms with Crippen LogP contribution in [-0.4, -0.2) is 28.7 Å². The number of hydrogen-bond donors (Lipinski definition) is 1. The SMILES string of the molecule is CC1(C)CC(=O)NN1[C@@H](/C=C/c1ccccc1)C(F)(F)F. The van der Waals surface area contributed by atoms with Crippen molar-refractivity contribution >= 4 is 12.0 Å². The van der Waals surface area contributed by atoms with Crippen molar-refractivity contribution in [2.24, 2.45) is 0 Å². The van der Waals surface area contributed by atoms with Crippen LogP contribution in [0.15, 0.2) is 36.4 Å². The molecular weight excluding hydrogens is 281 g/mol. The zero-order valence-corrected chi connectivity index (χ0v) is 11.8. The number of amides is 1. The van der Waals surface area contributed by atoms with E-state index >= 15 is 0 Å². The second kappa shape index (κ2) is 5.52. The number of halogens is 3. The molecule has 0 aliphatic carbocycles. The number of benzene rings is 1. The first-order valence-electron chi connectivity index (χ1n) is 6.59. The van der Waals surface area contributed by atoms with E-state index in [9.17, 15) is 18.0 Å². The molecule has 2 rings (SSSR count). The minimum Gasteiger partial charge on any atom is -0.287 e. The number of hydrazine groups is 1. The van der Waals surface area contributed by atoms with Crippen LogP contribution < -0.4 is 5.43 Å². The summed E-state index contributed by atoms with van der Waals surface area (Å²) in [6, 6.07) is 6.88. The monoisotopic (exact) mass is 298 g/mol.